The third kappa shape index (κ3) is 1.59. The highest BCUT2D eigenvalue weighted by molar-refractivity contribution is 5.20. The van der Waals surface area contributed by atoms with Crippen molar-refractivity contribution in [1.29, 1.82) is 0 Å². The summed E-state index contributed by atoms with van der Waals surface area (Å²) in [4.78, 5) is 0. The normalized spacial score (nSPS) is 38.9. The van der Waals surface area contributed by atoms with E-state index in [1.807, 2.05) is 0 Å². The summed E-state index contributed by atoms with van der Waals surface area (Å²) in [5.74, 6) is 4.80. The van der Waals surface area contributed by atoms with Gasteiger partial charge in [0.05, 0.1) is 0 Å². The molecule has 0 amide bonds. The highest BCUT2D eigenvalue weighted by Crippen LogP contribution is 2.55. The molecule has 0 heteroatoms. The van der Waals surface area contributed by atoms with E-state index in [0.717, 1.165) is 29.6 Å². The number of hydrogen-bond acceptors (Lipinski definition) is 0. The molecule has 2 saturated carbocycles. The standard InChI is InChI=1S/C16H22/c1-11-8-15-9-14(11)10-16(15)12(2)13-6-4-3-5-7-13/h3-7,11-12,14-16H,8-10H2,1-2H3/t11?,12-,14+,15-,16?/m0/s1. The van der Waals surface area contributed by atoms with Crippen molar-refractivity contribution in [2.24, 2.45) is 23.7 Å². The lowest BCUT2D eigenvalue weighted by molar-refractivity contribution is 0.244. The van der Waals surface area contributed by atoms with Gasteiger partial charge in [0.15, 0.2) is 0 Å². The molecule has 0 aromatic heterocycles. The second kappa shape index (κ2) is 3.91. The average Bonchev–Trinajstić information content (AvgIpc) is 2.88. The Labute approximate surface area is 99.1 Å². The molecule has 0 radical (unpaired) electrons. The van der Waals surface area contributed by atoms with Gasteiger partial charge < -0.3 is 0 Å². The Bertz CT molecular complexity index is 352. The van der Waals surface area contributed by atoms with E-state index in [-0.39, 0.29) is 0 Å². The van der Waals surface area contributed by atoms with Crippen molar-refractivity contribution in [3.63, 3.8) is 0 Å². The molecule has 86 valence electrons. The van der Waals surface area contributed by atoms with Gasteiger partial charge in [-0.2, -0.15) is 0 Å². The zero-order chi connectivity index (χ0) is 11.1. The highest BCUT2D eigenvalue weighted by atomic mass is 14.5. The van der Waals surface area contributed by atoms with Crippen LogP contribution in [-0.2, 0) is 0 Å². The number of hydrogen-bond donors (Lipinski definition) is 0. The van der Waals surface area contributed by atoms with Crippen LogP contribution in [0.5, 0.6) is 0 Å². The van der Waals surface area contributed by atoms with Crippen molar-refractivity contribution in [2.45, 2.75) is 39.0 Å². The van der Waals surface area contributed by atoms with Crippen LogP contribution in [0.4, 0.5) is 0 Å². The van der Waals surface area contributed by atoms with E-state index in [1.54, 1.807) is 5.56 Å². The van der Waals surface area contributed by atoms with Gasteiger partial charge in [-0.25, -0.2) is 0 Å². The van der Waals surface area contributed by atoms with Gasteiger partial charge >= 0.3 is 0 Å². The summed E-state index contributed by atoms with van der Waals surface area (Å²) in [6, 6.07) is 11.1. The quantitative estimate of drug-likeness (QED) is 0.681. The number of rotatable bonds is 2. The Morgan fingerprint density at radius 1 is 1.00 bits per heavy atom. The minimum Gasteiger partial charge on any atom is -0.0622 e. The summed E-state index contributed by atoms with van der Waals surface area (Å²) in [6.07, 6.45) is 4.50. The predicted octanol–water partition coefficient (Wildman–Crippen LogP) is 4.47. The van der Waals surface area contributed by atoms with Gasteiger partial charge in [0, 0.05) is 0 Å². The smallest absolute Gasteiger partial charge is 0.0159 e. The molecular weight excluding hydrogens is 192 g/mol. The van der Waals surface area contributed by atoms with Crippen LogP contribution in [0, 0.1) is 23.7 Å². The summed E-state index contributed by atoms with van der Waals surface area (Å²) in [6.45, 7) is 4.89. The first-order valence-corrected chi connectivity index (χ1v) is 6.80. The third-order valence-electron chi connectivity index (χ3n) is 5.23. The van der Waals surface area contributed by atoms with E-state index < -0.39 is 0 Å². The minimum atomic E-state index is 0.767. The maximum atomic E-state index is 2.45. The van der Waals surface area contributed by atoms with Gasteiger partial charge in [-0.05, 0) is 54.4 Å². The SMILES string of the molecule is CC1C[C@H]2C[C@@H]1CC2[C@@H](C)c1ccccc1. The molecule has 0 heterocycles. The monoisotopic (exact) mass is 214 g/mol. The highest BCUT2D eigenvalue weighted by Gasteiger charge is 2.45. The van der Waals surface area contributed by atoms with E-state index in [4.69, 9.17) is 0 Å². The van der Waals surface area contributed by atoms with Crippen molar-refractivity contribution in [2.75, 3.05) is 0 Å². The number of fused-ring (bicyclic) bond motifs is 2. The third-order valence-corrected chi connectivity index (χ3v) is 5.23. The summed E-state index contributed by atoms with van der Waals surface area (Å²) < 4.78 is 0. The topological polar surface area (TPSA) is 0 Å². The largest absolute Gasteiger partial charge is 0.0622 e. The first-order chi connectivity index (χ1) is 7.75. The molecule has 2 unspecified atom stereocenters. The second-order valence-electron chi connectivity index (χ2n) is 6.07. The Balaban J connectivity index is 1.76. The van der Waals surface area contributed by atoms with Crippen molar-refractivity contribution in [1.82, 2.24) is 0 Å². The lowest BCUT2D eigenvalue weighted by atomic mass is 9.74. The van der Waals surface area contributed by atoms with Crippen LogP contribution in [0.15, 0.2) is 30.3 Å². The lowest BCUT2D eigenvalue weighted by Gasteiger charge is -2.30. The Morgan fingerprint density at radius 2 is 1.75 bits per heavy atom. The fourth-order valence-electron chi connectivity index (χ4n) is 4.22. The summed E-state index contributed by atoms with van der Waals surface area (Å²) >= 11 is 0. The molecule has 0 nitrogen and oxygen atoms in total. The van der Waals surface area contributed by atoms with Crippen LogP contribution >= 0.6 is 0 Å². The Morgan fingerprint density at radius 3 is 2.31 bits per heavy atom. The molecular formula is C16H22. The molecule has 1 aromatic carbocycles. The molecule has 16 heavy (non-hydrogen) atoms. The molecule has 2 aliphatic carbocycles. The predicted molar refractivity (Wildman–Crippen MR) is 68.3 cm³/mol. The molecule has 0 saturated heterocycles. The minimum absolute atomic E-state index is 0.767. The lowest BCUT2D eigenvalue weighted by Crippen LogP contribution is -2.20. The van der Waals surface area contributed by atoms with Crippen molar-refractivity contribution in [3.05, 3.63) is 35.9 Å². The first kappa shape index (κ1) is 10.4. The maximum Gasteiger partial charge on any atom is -0.0159 e. The molecule has 2 aliphatic rings. The van der Waals surface area contributed by atoms with E-state index >= 15 is 0 Å². The van der Waals surface area contributed by atoms with Crippen LogP contribution < -0.4 is 0 Å². The van der Waals surface area contributed by atoms with Crippen molar-refractivity contribution in [3.8, 4) is 0 Å². The number of benzene rings is 1. The van der Waals surface area contributed by atoms with E-state index in [2.05, 4.69) is 44.2 Å². The van der Waals surface area contributed by atoms with Gasteiger partial charge in [0.2, 0.25) is 0 Å². The van der Waals surface area contributed by atoms with Crippen molar-refractivity contribution >= 4 is 0 Å². The van der Waals surface area contributed by atoms with Crippen LogP contribution in [-0.4, -0.2) is 0 Å². The summed E-state index contributed by atoms with van der Waals surface area (Å²) in [5, 5.41) is 0. The first-order valence-electron chi connectivity index (χ1n) is 6.80. The molecule has 5 atom stereocenters. The zero-order valence-electron chi connectivity index (χ0n) is 10.4. The van der Waals surface area contributed by atoms with Gasteiger partial charge in [0.1, 0.15) is 0 Å². The fourth-order valence-corrected chi connectivity index (χ4v) is 4.22. The van der Waals surface area contributed by atoms with E-state index in [1.165, 1.54) is 19.3 Å². The van der Waals surface area contributed by atoms with Crippen LogP contribution in [0.25, 0.3) is 0 Å². The average molecular weight is 214 g/mol. The molecule has 0 aliphatic heterocycles. The molecule has 0 spiro atoms. The van der Waals surface area contributed by atoms with Gasteiger partial charge in [-0.1, -0.05) is 44.2 Å². The molecule has 0 N–H and O–H groups in total. The second-order valence-corrected chi connectivity index (χ2v) is 6.07. The van der Waals surface area contributed by atoms with Gasteiger partial charge in [-0.15, -0.1) is 0 Å². The fraction of sp³-hybridized carbons (Fsp3) is 0.625. The van der Waals surface area contributed by atoms with Gasteiger partial charge in [0.25, 0.3) is 0 Å². The van der Waals surface area contributed by atoms with Crippen molar-refractivity contribution < 1.29 is 0 Å². The van der Waals surface area contributed by atoms with E-state index in [0.29, 0.717) is 0 Å². The molecule has 1 aromatic rings. The van der Waals surface area contributed by atoms with E-state index in [9.17, 15) is 0 Å². The molecule has 2 fully saturated rings. The zero-order valence-corrected chi connectivity index (χ0v) is 10.4. The molecule has 3 rings (SSSR count). The van der Waals surface area contributed by atoms with Crippen LogP contribution in [0.1, 0.15) is 44.6 Å². The Hall–Kier alpha value is -0.780. The molecule has 2 bridgehead atoms. The van der Waals surface area contributed by atoms with Crippen LogP contribution in [0.2, 0.25) is 0 Å². The maximum absolute atomic E-state index is 2.45. The van der Waals surface area contributed by atoms with Crippen LogP contribution in [0.3, 0.4) is 0 Å². The summed E-state index contributed by atoms with van der Waals surface area (Å²) in [7, 11) is 0. The Kier molecular flexibility index (Phi) is 2.53. The summed E-state index contributed by atoms with van der Waals surface area (Å²) in [5.41, 5.74) is 1.55. The van der Waals surface area contributed by atoms with Gasteiger partial charge in [-0.3, -0.25) is 0 Å².